The lowest BCUT2D eigenvalue weighted by Gasteiger charge is -2.19. The van der Waals surface area contributed by atoms with E-state index >= 15 is 0 Å². The molecule has 2 unspecified atom stereocenters. The molecule has 0 aromatic heterocycles. The van der Waals surface area contributed by atoms with E-state index in [2.05, 4.69) is 22.3 Å². The minimum atomic E-state index is -0.300. The van der Waals surface area contributed by atoms with E-state index in [0.717, 1.165) is 11.6 Å². The molecule has 99 valence electrons. The number of anilines is 1. The van der Waals surface area contributed by atoms with Gasteiger partial charge >= 0.3 is 6.03 Å². The predicted molar refractivity (Wildman–Crippen MR) is 75.8 cm³/mol. The number of carbonyl (C=O) groups is 1. The molecular formula is C15H18N3O. The maximum absolute atomic E-state index is 11.6. The summed E-state index contributed by atoms with van der Waals surface area (Å²) in [5.41, 5.74) is 3.44. The highest BCUT2D eigenvalue weighted by Gasteiger charge is 2.43. The van der Waals surface area contributed by atoms with Crippen LogP contribution in [-0.4, -0.2) is 12.2 Å². The molecule has 4 heteroatoms. The first-order valence-corrected chi connectivity index (χ1v) is 6.76. The van der Waals surface area contributed by atoms with Crippen LogP contribution < -0.4 is 10.7 Å². The maximum atomic E-state index is 11.6. The Kier molecular flexibility index (Phi) is 3.23. The van der Waals surface area contributed by atoms with Crippen LogP contribution in [0.3, 0.4) is 0 Å². The van der Waals surface area contributed by atoms with Gasteiger partial charge in [-0.3, -0.25) is 0 Å². The van der Waals surface area contributed by atoms with Crippen LogP contribution in [0.1, 0.15) is 25.7 Å². The number of para-hydroxylation sites is 1. The summed E-state index contributed by atoms with van der Waals surface area (Å²) in [5, 5.41) is 6.84. The molecule has 2 bridgehead atoms. The summed E-state index contributed by atoms with van der Waals surface area (Å²) in [5.74, 6) is 0.838. The number of amides is 2. The van der Waals surface area contributed by atoms with Crippen molar-refractivity contribution in [3.8, 4) is 0 Å². The SMILES string of the molecule is O=C(NN=CC12[CH]CC(CC1)C2)Nc1ccccc1. The molecule has 2 aliphatic carbocycles. The summed E-state index contributed by atoms with van der Waals surface area (Å²) in [7, 11) is 0. The Balaban J connectivity index is 1.51. The van der Waals surface area contributed by atoms with Crippen molar-refractivity contribution in [3.63, 3.8) is 0 Å². The Labute approximate surface area is 113 Å². The van der Waals surface area contributed by atoms with E-state index in [4.69, 9.17) is 0 Å². The number of urea groups is 1. The fraction of sp³-hybridized carbons (Fsp3) is 0.400. The van der Waals surface area contributed by atoms with Crippen molar-refractivity contribution in [2.24, 2.45) is 16.4 Å². The fourth-order valence-electron chi connectivity index (χ4n) is 3.07. The van der Waals surface area contributed by atoms with E-state index in [9.17, 15) is 4.79 Å². The summed E-state index contributed by atoms with van der Waals surface area (Å²) in [6, 6.07) is 9.05. The monoisotopic (exact) mass is 256 g/mol. The standard InChI is InChI=1S/C15H18N3O/c19-14(17-13-4-2-1-3-5-13)18-16-11-15-8-6-12(10-15)7-9-15/h1-5,8,11-12H,6-7,9-10H2,(H2,17,18,19). The smallest absolute Gasteiger partial charge is 0.307 e. The Morgan fingerprint density at radius 1 is 1.37 bits per heavy atom. The highest BCUT2D eigenvalue weighted by Crippen LogP contribution is 2.52. The molecule has 2 aliphatic rings. The fourth-order valence-corrected chi connectivity index (χ4v) is 3.07. The summed E-state index contributed by atoms with van der Waals surface area (Å²) in [4.78, 5) is 11.6. The number of nitrogens with one attached hydrogen (secondary N) is 2. The van der Waals surface area contributed by atoms with Gasteiger partial charge in [-0.25, -0.2) is 10.2 Å². The number of hydrogen-bond acceptors (Lipinski definition) is 2. The van der Waals surface area contributed by atoms with Crippen molar-refractivity contribution in [1.29, 1.82) is 0 Å². The van der Waals surface area contributed by atoms with Crippen LogP contribution in [0.2, 0.25) is 0 Å². The quantitative estimate of drug-likeness (QED) is 0.633. The van der Waals surface area contributed by atoms with Crippen LogP contribution >= 0.6 is 0 Å². The van der Waals surface area contributed by atoms with Crippen molar-refractivity contribution in [2.45, 2.75) is 25.7 Å². The second kappa shape index (κ2) is 5.03. The molecule has 0 spiro atoms. The van der Waals surface area contributed by atoms with Crippen LogP contribution in [0.4, 0.5) is 10.5 Å². The number of nitrogens with zero attached hydrogens (tertiary/aromatic N) is 1. The second-order valence-electron chi connectivity index (χ2n) is 5.47. The molecule has 0 heterocycles. The molecule has 4 nitrogen and oxygen atoms in total. The average molecular weight is 256 g/mol. The van der Waals surface area contributed by atoms with Gasteiger partial charge in [0.1, 0.15) is 0 Å². The molecule has 3 rings (SSSR count). The third-order valence-corrected chi connectivity index (χ3v) is 4.06. The van der Waals surface area contributed by atoms with Crippen molar-refractivity contribution in [1.82, 2.24) is 5.43 Å². The number of hydrazone groups is 1. The molecule has 2 saturated carbocycles. The van der Waals surface area contributed by atoms with Gasteiger partial charge in [-0.2, -0.15) is 5.10 Å². The highest BCUT2D eigenvalue weighted by atomic mass is 16.2. The molecule has 1 aromatic carbocycles. The Bertz CT molecular complexity index is 475. The Morgan fingerprint density at radius 3 is 2.84 bits per heavy atom. The number of benzene rings is 1. The van der Waals surface area contributed by atoms with Crippen molar-refractivity contribution in [3.05, 3.63) is 36.8 Å². The van der Waals surface area contributed by atoms with Crippen molar-refractivity contribution < 1.29 is 4.79 Å². The van der Waals surface area contributed by atoms with E-state index in [1.807, 2.05) is 36.5 Å². The van der Waals surface area contributed by atoms with Crippen molar-refractivity contribution in [2.75, 3.05) is 5.32 Å². The maximum Gasteiger partial charge on any atom is 0.339 e. The molecule has 1 aromatic rings. The van der Waals surface area contributed by atoms with E-state index in [0.29, 0.717) is 0 Å². The second-order valence-corrected chi connectivity index (χ2v) is 5.47. The lowest BCUT2D eigenvalue weighted by molar-refractivity contribution is 0.252. The average Bonchev–Trinajstić information content (AvgIpc) is 3.00. The van der Waals surface area contributed by atoms with Gasteiger partial charge in [-0.1, -0.05) is 18.2 Å². The largest absolute Gasteiger partial charge is 0.339 e. The number of carbonyl (C=O) groups excluding carboxylic acids is 1. The van der Waals surface area contributed by atoms with Crippen LogP contribution in [0.5, 0.6) is 0 Å². The van der Waals surface area contributed by atoms with Gasteiger partial charge in [0, 0.05) is 17.3 Å². The van der Waals surface area contributed by atoms with Gasteiger partial charge in [-0.05, 0) is 50.2 Å². The minimum absolute atomic E-state index is 0.144. The third-order valence-electron chi connectivity index (χ3n) is 4.06. The zero-order valence-corrected chi connectivity index (χ0v) is 10.8. The van der Waals surface area contributed by atoms with Gasteiger partial charge in [0.25, 0.3) is 0 Å². The molecule has 2 N–H and O–H groups in total. The molecule has 1 radical (unpaired) electrons. The highest BCUT2D eigenvalue weighted by molar-refractivity contribution is 5.89. The molecular weight excluding hydrogens is 238 g/mol. The van der Waals surface area contributed by atoms with Gasteiger partial charge < -0.3 is 5.32 Å². The van der Waals surface area contributed by atoms with Gasteiger partial charge in [0.15, 0.2) is 0 Å². The zero-order valence-electron chi connectivity index (χ0n) is 10.8. The van der Waals surface area contributed by atoms with Crippen molar-refractivity contribution >= 4 is 17.9 Å². The summed E-state index contributed by atoms with van der Waals surface area (Å²) in [6.45, 7) is 0. The Hall–Kier alpha value is -1.84. The first kappa shape index (κ1) is 12.2. The van der Waals surface area contributed by atoms with E-state index < -0.39 is 0 Å². The lowest BCUT2D eigenvalue weighted by Crippen LogP contribution is -2.26. The van der Waals surface area contributed by atoms with Crippen LogP contribution in [0.25, 0.3) is 0 Å². The zero-order chi connectivity index (χ0) is 13.1. The predicted octanol–water partition coefficient (Wildman–Crippen LogP) is 3.19. The molecule has 0 aliphatic heterocycles. The topological polar surface area (TPSA) is 53.5 Å². The molecule has 2 amide bonds. The first-order chi connectivity index (χ1) is 9.26. The summed E-state index contributed by atoms with van der Waals surface area (Å²) >= 11 is 0. The van der Waals surface area contributed by atoms with Crippen LogP contribution in [0.15, 0.2) is 35.4 Å². The molecule has 2 atom stereocenters. The molecule has 2 fully saturated rings. The van der Waals surface area contributed by atoms with Gasteiger partial charge in [0.05, 0.1) is 0 Å². The van der Waals surface area contributed by atoms with Crippen LogP contribution in [0, 0.1) is 17.8 Å². The van der Waals surface area contributed by atoms with E-state index in [-0.39, 0.29) is 11.4 Å². The normalized spacial score (nSPS) is 28.7. The first-order valence-electron chi connectivity index (χ1n) is 6.76. The Morgan fingerprint density at radius 2 is 2.21 bits per heavy atom. The number of fused-ring (bicyclic) bond motifs is 2. The number of hydrogen-bond donors (Lipinski definition) is 2. The third kappa shape index (κ3) is 2.78. The van der Waals surface area contributed by atoms with E-state index in [1.165, 1.54) is 25.7 Å². The number of rotatable bonds is 3. The summed E-state index contributed by atoms with van der Waals surface area (Å²) < 4.78 is 0. The summed E-state index contributed by atoms with van der Waals surface area (Å²) in [6.07, 6.45) is 9.11. The lowest BCUT2D eigenvalue weighted by atomic mass is 9.86. The van der Waals surface area contributed by atoms with Gasteiger partial charge in [0.2, 0.25) is 0 Å². The minimum Gasteiger partial charge on any atom is -0.307 e. The van der Waals surface area contributed by atoms with E-state index in [1.54, 1.807) is 0 Å². The molecule has 19 heavy (non-hydrogen) atoms. The van der Waals surface area contributed by atoms with Crippen LogP contribution in [-0.2, 0) is 0 Å². The molecule has 0 saturated heterocycles. The van der Waals surface area contributed by atoms with Gasteiger partial charge in [-0.15, -0.1) is 0 Å².